The van der Waals surface area contributed by atoms with Gasteiger partial charge in [-0.3, -0.25) is 0 Å². The van der Waals surface area contributed by atoms with Crippen molar-refractivity contribution in [2.75, 3.05) is 20.3 Å². The number of carbonyl (C=O) groups excluding carboxylic acids is 1. The highest BCUT2D eigenvalue weighted by Crippen LogP contribution is 2.18. The van der Waals surface area contributed by atoms with Crippen molar-refractivity contribution in [2.24, 2.45) is 0 Å². The van der Waals surface area contributed by atoms with E-state index in [4.69, 9.17) is 14.2 Å². The first kappa shape index (κ1) is 10.1. The molecule has 1 atom stereocenters. The fraction of sp³-hybridized carbons (Fsp3) is 0.667. The molecule has 0 aliphatic carbocycles. The molecule has 1 saturated heterocycles. The molecule has 13 heavy (non-hydrogen) atoms. The first-order valence-corrected chi connectivity index (χ1v) is 4.29. The minimum atomic E-state index is -0.353. The van der Waals surface area contributed by atoms with Crippen LogP contribution in [0.1, 0.15) is 13.3 Å². The zero-order valence-electron chi connectivity index (χ0n) is 7.91. The lowest BCUT2D eigenvalue weighted by molar-refractivity contribution is -0.137. The molecule has 0 radical (unpaired) electrons. The number of carbonyl (C=O) groups is 1. The quantitative estimate of drug-likeness (QED) is 0.484. The van der Waals surface area contributed by atoms with Gasteiger partial charge < -0.3 is 14.2 Å². The topological polar surface area (TPSA) is 44.8 Å². The Morgan fingerprint density at radius 2 is 2.54 bits per heavy atom. The molecule has 0 aromatic heterocycles. The second-order valence-corrected chi connectivity index (χ2v) is 2.74. The Morgan fingerprint density at radius 1 is 1.77 bits per heavy atom. The summed E-state index contributed by atoms with van der Waals surface area (Å²) in [6, 6.07) is 0. The Kier molecular flexibility index (Phi) is 3.76. The van der Waals surface area contributed by atoms with Crippen LogP contribution in [0.3, 0.4) is 0 Å². The van der Waals surface area contributed by atoms with Crippen LogP contribution in [-0.2, 0) is 19.0 Å². The summed E-state index contributed by atoms with van der Waals surface area (Å²) < 4.78 is 15.0. The van der Waals surface area contributed by atoms with Crippen LogP contribution < -0.4 is 0 Å². The zero-order valence-corrected chi connectivity index (χ0v) is 7.91. The molecule has 0 aromatic carbocycles. The summed E-state index contributed by atoms with van der Waals surface area (Å²) in [5.41, 5.74) is 0. The third-order valence-corrected chi connectivity index (χ3v) is 1.78. The molecule has 1 fully saturated rings. The molecule has 0 aromatic rings. The molecule has 1 aliphatic heterocycles. The average molecular weight is 186 g/mol. The maximum absolute atomic E-state index is 11.0. The maximum Gasteiger partial charge on any atom is 0.334 e. The van der Waals surface area contributed by atoms with Gasteiger partial charge in [-0.1, -0.05) is 0 Å². The van der Waals surface area contributed by atoms with E-state index in [0.717, 1.165) is 0 Å². The maximum atomic E-state index is 11.0. The number of ether oxygens (including phenoxy) is 3. The number of rotatable bonds is 3. The first-order chi connectivity index (χ1) is 6.26. The predicted molar refractivity (Wildman–Crippen MR) is 46.1 cm³/mol. The van der Waals surface area contributed by atoms with Crippen LogP contribution >= 0.6 is 0 Å². The molecule has 0 unspecified atom stereocenters. The third-order valence-electron chi connectivity index (χ3n) is 1.78. The van der Waals surface area contributed by atoms with Crippen LogP contribution in [0.25, 0.3) is 0 Å². The average Bonchev–Trinajstić information content (AvgIpc) is 2.52. The van der Waals surface area contributed by atoms with Crippen LogP contribution in [0.5, 0.6) is 0 Å². The van der Waals surface area contributed by atoms with Crippen LogP contribution in [0.15, 0.2) is 11.8 Å². The van der Waals surface area contributed by atoms with E-state index >= 15 is 0 Å². The van der Waals surface area contributed by atoms with Gasteiger partial charge in [0, 0.05) is 13.5 Å². The van der Waals surface area contributed by atoms with Gasteiger partial charge >= 0.3 is 5.97 Å². The monoisotopic (exact) mass is 186 g/mol. The largest absolute Gasteiger partial charge is 0.495 e. The Balaban J connectivity index is 2.40. The van der Waals surface area contributed by atoms with Gasteiger partial charge in [0.15, 0.2) is 0 Å². The second kappa shape index (κ2) is 4.87. The summed E-state index contributed by atoms with van der Waals surface area (Å²) in [6.45, 7) is 2.67. The van der Waals surface area contributed by atoms with Gasteiger partial charge in [0.2, 0.25) is 0 Å². The van der Waals surface area contributed by atoms with Gasteiger partial charge in [-0.25, -0.2) is 4.79 Å². The van der Waals surface area contributed by atoms with Crippen molar-refractivity contribution < 1.29 is 19.0 Å². The van der Waals surface area contributed by atoms with E-state index in [1.165, 1.54) is 6.08 Å². The van der Waals surface area contributed by atoms with Gasteiger partial charge in [-0.05, 0) is 6.92 Å². The van der Waals surface area contributed by atoms with Crippen LogP contribution in [0.2, 0.25) is 0 Å². The van der Waals surface area contributed by atoms with E-state index in [2.05, 4.69) is 0 Å². The van der Waals surface area contributed by atoms with Crippen molar-refractivity contribution in [1.82, 2.24) is 0 Å². The van der Waals surface area contributed by atoms with E-state index in [-0.39, 0.29) is 12.1 Å². The highest BCUT2D eigenvalue weighted by molar-refractivity contribution is 5.82. The van der Waals surface area contributed by atoms with E-state index < -0.39 is 0 Å². The molecule has 4 nitrogen and oxygen atoms in total. The second-order valence-electron chi connectivity index (χ2n) is 2.74. The molecule has 0 N–H and O–H groups in total. The molecule has 1 heterocycles. The number of hydrogen-bond acceptors (Lipinski definition) is 4. The van der Waals surface area contributed by atoms with E-state index in [1.54, 1.807) is 14.0 Å². The van der Waals surface area contributed by atoms with Crippen molar-refractivity contribution in [3.63, 3.8) is 0 Å². The van der Waals surface area contributed by atoms with Crippen LogP contribution in [-0.4, -0.2) is 32.4 Å². The number of esters is 1. The van der Waals surface area contributed by atoms with E-state index in [9.17, 15) is 4.79 Å². The summed E-state index contributed by atoms with van der Waals surface area (Å²) in [5, 5.41) is 0. The van der Waals surface area contributed by atoms with Gasteiger partial charge in [-0.2, -0.15) is 0 Å². The molecular weight excluding hydrogens is 172 g/mol. The van der Waals surface area contributed by atoms with E-state index in [0.29, 0.717) is 25.4 Å². The molecule has 1 rings (SSSR count). The standard InChI is InChI=1S/C9H14O4/c1-3-12-9(10)5-7-4-8(11-2)6-13-7/h5,8H,3-4,6H2,1-2H3/b7-5+/t8-/m0/s1. The SMILES string of the molecule is CCOC(=O)/C=C1\C[C@H](OC)CO1. The van der Waals surface area contributed by atoms with Gasteiger partial charge in [0.25, 0.3) is 0 Å². The van der Waals surface area contributed by atoms with Crippen molar-refractivity contribution in [3.05, 3.63) is 11.8 Å². The molecule has 0 saturated carbocycles. The summed E-state index contributed by atoms with van der Waals surface area (Å²) in [6.07, 6.45) is 2.10. The van der Waals surface area contributed by atoms with Crippen molar-refractivity contribution in [2.45, 2.75) is 19.4 Å². The van der Waals surface area contributed by atoms with Crippen molar-refractivity contribution in [3.8, 4) is 0 Å². The zero-order chi connectivity index (χ0) is 9.68. The molecule has 4 heteroatoms. The summed E-state index contributed by atoms with van der Waals surface area (Å²) >= 11 is 0. The van der Waals surface area contributed by atoms with Crippen LogP contribution in [0.4, 0.5) is 0 Å². The van der Waals surface area contributed by atoms with Crippen molar-refractivity contribution >= 4 is 5.97 Å². The highest BCUT2D eigenvalue weighted by atomic mass is 16.5. The normalized spacial score (nSPS) is 24.5. The summed E-state index contributed by atoms with van der Waals surface area (Å²) in [5.74, 6) is 0.291. The lowest BCUT2D eigenvalue weighted by Gasteiger charge is -1.99. The van der Waals surface area contributed by atoms with E-state index in [1.807, 2.05) is 0 Å². The lowest BCUT2D eigenvalue weighted by atomic mass is 10.2. The molecule has 1 aliphatic rings. The van der Waals surface area contributed by atoms with Gasteiger partial charge in [0.05, 0.1) is 18.8 Å². The minimum absolute atomic E-state index is 0.0701. The Morgan fingerprint density at radius 3 is 3.08 bits per heavy atom. The molecule has 0 amide bonds. The fourth-order valence-corrected chi connectivity index (χ4v) is 1.11. The van der Waals surface area contributed by atoms with Gasteiger partial charge in [0.1, 0.15) is 12.4 Å². The Bertz CT molecular complexity index is 210. The molecule has 0 bridgehead atoms. The highest BCUT2D eigenvalue weighted by Gasteiger charge is 2.20. The Hall–Kier alpha value is -1.03. The lowest BCUT2D eigenvalue weighted by Crippen LogP contribution is -2.07. The van der Waals surface area contributed by atoms with Crippen LogP contribution in [0, 0.1) is 0 Å². The van der Waals surface area contributed by atoms with Gasteiger partial charge in [-0.15, -0.1) is 0 Å². The number of hydrogen-bond donors (Lipinski definition) is 0. The number of methoxy groups -OCH3 is 1. The predicted octanol–water partition coefficient (Wildman–Crippen LogP) is 0.869. The summed E-state index contributed by atoms with van der Waals surface area (Å²) in [7, 11) is 1.63. The smallest absolute Gasteiger partial charge is 0.334 e. The summed E-state index contributed by atoms with van der Waals surface area (Å²) in [4.78, 5) is 11.0. The fourth-order valence-electron chi connectivity index (χ4n) is 1.11. The molecule has 74 valence electrons. The third kappa shape index (κ3) is 3.06. The Labute approximate surface area is 77.5 Å². The molecular formula is C9H14O4. The molecule has 0 spiro atoms. The minimum Gasteiger partial charge on any atom is -0.495 e. The van der Waals surface area contributed by atoms with Crippen molar-refractivity contribution in [1.29, 1.82) is 0 Å². The first-order valence-electron chi connectivity index (χ1n) is 4.29.